The maximum atomic E-state index is 2.27. The molecule has 0 radical (unpaired) electrons. The van der Waals surface area contributed by atoms with E-state index in [1.165, 1.54) is 10.2 Å². The second kappa shape index (κ2) is 2.48. The highest BCUT2D eigenvalue weighted by molar-refractivity contribution is 6.25. The van der Waals surface area contributed by atoms with E-state index in [1.54, 1.807) is 0 Å². The van der Waals surface area contributed by atoms with Crippen molar-refractivity contribution in [3.63, 3.8) is 0 Å². The molecule has 0 aromatic heterocycles. The zero-order valence-corrected chi connectivity index (χ0v) is 7.28. The Kier molecular flexibility index (Phi) is 2.54. The minimum absolute atomic E-state index is 0.198. The molecule has 0 rings (SSSR count). The average Bonchev–Trinajstić information content (AvgIpc) is 1.30. The molecule has 0 heterocycles. The zero-order chi connectivity index (χ0) is 5.91. The fraction of sp³-hybridized carbons (Fsp3) is 1.00. The Morgan fingerprint density at radius 2 is 1.71 bits per heavy atom. The lowest BCUT2D eigenvalue weighted by atomic mass is 11.0. The van der Waals surface area contributed by atoms with Crippen molar-refractivity contribution >= 4 is 9.68 Å². The van der Waals surface area contributed by atoms with E-state index in [0.29, 0.717) is 0 Å². The summed E-state index contributed by atoms with van der Waals surface area (Å²) in [4.78, 5) is 0. The summed E-state index contributed by atoms with van der Waals surface area (Å²) in [5.41, 5.74) is 0. The summed E-state index contributed by atoms with van der Waals surface area (Å²) in [6, 6.07) is 1.42. The number of hydrogen-bond acceptors (Lipinski definition) is 0. The Balaban J connectivity index is 3.15. The quantitative estimate of drug-likeness (QED) is 0.455. The van der Waals surface area contributed by atoms with Crippen molar-refractivity contribution in [3.8, 4) is 0 Å². The molecule has 0 saturated carbocycles. The van der Waals surface area contributed by atoms with Crippen LogP contribution in [-0.2, 0) is 0 Å². The number of hydrogen-bond donors (Lipinski definition) is 0. The van der Waals surface area contributed by atoms with Gasteiger partial charge in [-0.15, -0.1) is 0 Å². The lowest BCUT2D eigenvalue weighted by Gasteiger charge is -2.23. The monoisotopic (exact) mass is 118 g/mol. The summed E-state index contributed by atoms with van der Waals surface area (Å²) in [6.07, 6.45) is 0. The molecule has 0 aromatic rings. The third-order valence-electron chi connectivity index (χ3n) is 0.894. The average molecular weight is 118 g/mol. The van der Waals surface area contributed by atoms with E-state index in [4.69, 9.17) is 0 Å². The molecule has 0 unspecified atom stereocenters. The SMILES string of the molecule is CC[SiH2][N+](C)(C)C. The van der Waals surface area contributed by atoms with Crippen LogP contribution in [0.4, 0.5) is 0 Å². The molecular formula is C5H16NSi+. The topological polar surface area (TPSA) is 0 Å². The predicted molar refractivity (Wildman–Crippen MR) is 37.1 cm³/mol. The molecule has 0 saturated heterocycles. The van der Waals surface area contributed by atoms with Crippen LogP contribution in [0.1, 0.15) is 6.92 Å². The highest BCUT2D eigenvalue weighted by Crippen LogP contribution is 1.87. The van der Waals surface area contributed by atoms with Crippen LogP contribution in [0.3, 0.4) is 0 Å². The van der Waals surface area contributed by atoms with Gasteiger partial charge in [0.2, 0.25) is 0 Å². The van der Waals surface area contributed by atoms with Crippen LogP contribution in [0.5, 0.6) is 0 Å². The first-order chi connectivity index (χ1) is 3.06. The number of quaternary nitrogens is 1. The van der Waals surface area contributed by atoms with E-state index < -0.39 is 0 Å². The van der Waals surface area contributed by atoms with Crippen LogP contribution in [0.2, 0.25) is 6.04 Å². The molecule has 0 fully saturated rings. The van der Waals surface area contributed by atoms with Crippen LogP contribution < -0.4 is 0 Å². The van der Waals surface area contributed by atoms with Gasteiger partial charge in [0, 0.05) is 0 Å². The Labute approximate surface area is 48.8 Å². The van der Waals surface area contributed by atoms with Crippen LogP contribution in [0, 0.1) is 0 Å². The summed E-state index contributed by atoms with van der Waals surface area (Å²) < 4.78 is 1.23. The van der Waals surface area contributed by atoms with Crippen LogP contribution >= 0.6 is 0 Å². The third-order valence-corrected chi connectivity index (χ3v) is 2.68. The highest BCUT2D eigenvalue weighted by Gasteiger charge is 2.02. The summed E-state index contributed by atoms with van der Waals surface area (Å²) in [6.45, 7) is 2.27. The van der Waals surface area contributed by atoms with Gasteiger partial charge >= 0.3 is 0 Å². The molecule has 0 bridgehead atoms. The normalized spacial score (nSPS) is 13.7. The Morgan fingerprint density at radius 1 is 1.29 bits per heavy atom. The largest absolute Gasteiger partial charge is 0.395 e. The Hall–Kier alpha value is 0.177. The van der Waals surface area contributed by atoms with E-state index in [9.17, 15) is 0 Å². The lowest BCUT2D eigenvalue weighted by molar-refractivity contribution is -0.755. The van der Waals surface area contributed by atoms with Crippen LogP contribution in [-0.4, -0.2) is 35.0 Å². The van der Waals surface area contributed by atoms with Crippen molar-refractivity contribution in [2.75, 3.05) is 21.1 Å². The van der Waals surface area contributed by atoms with E-state index in [2.05, 4.69) is 28.1 Å². The first kappa shape index (κ1) is 7.18. The minimum Gasteiger partial charge on any atom is -0.395 e. The second-order valence-electron chi connectivity index (χ2n) is 3.01. The van der Waals surface area contributed by atoms with Gasteiger partial charge in [0.05, 0.1) is 21.1 Å². The standard InChI is InChI=1S/C5H16NSi/c1-5-7-6(2,3)4/h5,7H2,1-4H3/q+1. The summed E-state index contributed by atoms with van der Waals surface area (Å²) in [7, 11) is 7.02. The molecule has 2 heteroatoms. The molecule has 0 N–H and O–H groups in total. The summed E-state index contributed by atoms with van der Waals surface area (Å²) in [5, 5.41) is 0. The summed E-state index contributed by atoms with van der Waals surface area (Å²) in [5.74, 6) is 0. The smallest absolute Gasteiger partial charge is 0.254 e. The zero-order valence-electron chi connectivity index (χ0n) is 5.86. The Bertz CT molecular complexity index is 46.5. The molecule has 0 aliphatic carbocycles. The molecule has 0 aliphatic heterocycles. The molecule has 0 amide bonds. The van der Waals surface area contributed by atoms with Gasteiger partial charge in [-0.3, -0.25) is 0 Å². The maximum Gasteiger partial charge on any atom is 0.254 e. The first-order valence-corrected chi connectivity index (χ1v) is 4.50. The minimum atomic E-state index is 0.198. The molecule has 44 valence electrons. The van der Waals surface area contributed by atoms with Crippen molar-refractivity contribution in [2.24, 2.45) is 0 Å². The van der Waals surface area contributed by atoms with Crippen molar-refractivity contribution in [1.29, 1.82) is 0 Å². The fourth-order valence-electron chi connectivity index (χ4n) is 0.671. The molecule has 1 nitrogen and oxygen atoms in total. The second-order valence-corrected chi connectivity index (χ2v) is 6.36. The molecule has 0 aromatic carbocycles. The van der Waals surface area contributed by atoms with Gasteiger partial charge in [-0.05, 0) is 6.04 Å². The van der Waals surface area contributed by atoms with Crippen molar-refractivity contribution in [1.82, 2.24) is 0 Å². The molecule has 0 aliphatic rings. The van der Waals surface area contributed by atoms with Gasteiger partial charge in [-0.1, -0.05) is 6.92 Å². The molecule has 7 heavy (non-hydrogen) atoms. The van der Waals surface area contributed by atoms with Crippen molar-refractivity contribution in [2.45, 2.75) is 13.0 Å². The Morgan fingerprint density at radius 3 is 1.71 bits per heavy atom. The van der Waals surface area contributed by atoms with E-state index in [1.807, 2.05) is 0 Å². The van der Waals surface area contributed by atoms with Crippen molar-refractivity contribution in [3.05, 3.63) is 0 Å². The molecular weight excluding hydrogens is 102 g/mol. The molecule has 0 atom stereocenters. The van der Waals surface area contributed by atoms with Gasteiger partial charge in [-0.2, -0.15) is 0 Å². The van der Waals surface area contributed by atoms with Crippen molar-refractivity contribution < 1.29 is 4.15 Å². The van der Waals surface area contributed by atoms with E-state index in [-0.39, 0.29) is 9.68 Å². The van der Waals surface area contributed by atoms with Gasteiger partial charge in [0.25, 0.3) is 9.68 Å². The van der Waals surface area contributed by atoms with Crippen LogP contribution in [0.15, 0.2) is 0 Å². The van der Waals surface area contributed by atoms with Gasteiger partial charge in [0.1, 0.15) is 0 Å². The van der Waals surface area contributed by atoms with Gasteiger partial charge in [0.15, 0.2) is 0 Å². The molecule has 0 spiro atoms. The van der Waals surface area contributed by atoms with Crippen LogP contribution in [0.25, 0.3) is 0 Å². The first-order valence-electron chi connectivity index (χ1n) is 2.86. The van der Waals surface area contributed by atoms with E-state index >= 15 is 0 Å². The third kappa shape index (κ3) is 6.18. The number of nitrogens with zero attached hydrogens (tertiary/aromatic N) is 1. The van der Waals surface area contributed by atoms with Gasteiger partial charge < -0.3 is 4.15 Å². The highest BCUT2D eigenvalue weighted by atomic mass is 28.2. The fourth-order valence-corrected chi connectivity index (χ4v) is 2.01. The summed E-state index contributed by atoms with van der Waals surface area (Å²) >= 11 is 0. The number of rotatable bonds is 2. The maximum absolute atomic E-state index is 2.27. The lowest BCUT2D eigenvalue weighted by Crippen LogP contribution is -2.37. The predicted octanol–water partition coefficient (Wildman–Crippen LogP) is 0.215. The van der Waals surface area contributed by atoms with E-state index in [0.717, 1.165) is 0 Å². The van der Waals surface area contributed by atoms with Gasteiger partial charge in [-0.25, -0.2) is 0 Å².